The molecule has 1 amide bonds. The summed E-state index contributed by atoms with van der Waals surface area (Å²) >= 11 is 8.53. The molecule has 108 valence electrons. The average molecular weight is 363 g/mol. The van der Waals surface area contributed by atoms with Gasteiger partial charge in [-0.3, -0.25) is 4.79 Å². The first-order valence-electron chi connectivity index (χ1n) is 6.45. The fourth-order valence-electron chi connectivity index (χ4n) is 1.88. The van der Waals surface area contributed by atoms with Crippen LogP contribution in [0.25, 0.3) is 0 Å². The van der Waals surface area contributed by atoms with Crippen molar-refractivity contribution in [1.82, 2.24) is 5.32 Å². The molecule has 5 heteroatoms. The Balaban J connectivity index is 1.91. The number of thiocarbonyl (C=S) groups is 1. The standard InChI is InChI=1S/C16H15BrN2OS/c1-11-5-2-3-6-12(11)9-15(20)19-16(21)18-14-8-4-7-13(17)10-14/h2-8,10H,9H2,1H3,(H2,18,19,20,21). The molecule has 0 aliphatic carbocycles. The van der Waals surface area contributed by atoms with Gasteiger partial charge < -0.3 is 10.6 Å². The van der Waals surface area contributed by atoms with Crippen molar-refractivity contribution in [2.75, 3.05) is 5.32 Å². The van der Waals surface area contributed by atoms with Crippen LogP contribution in [-0.4, -0.2) is 11.0 Å². The minimum Gasteiger partial charge on any atom is -0.332 e. The SMILES string of the molecule is Cc1ccccc1CC(=O)NC(=S)Nc1cccc(Br)c1. The number of halogens is 1. The van der Waals surface area contributed by atoms with Gasteiger partial charge in [-0.2, -0.15) is 0 Å². The third-order valence-corrected chi connectivity index (χ3v) is 3.65. The maximum atomic E-state index is 12.0. The molecular formula is C16H15BrN2OS. The minimum atomic E-state index is -0.128. The van der Waals surface area contributed by atoms with Crippen LogP contribution in [-0.2, 0) is 11.2 Å². The summed E-state index contributed by atoms with van der Waals surface area (Å²) in [5, 5.41) is 5.97. The molecule has 0 atom stereocenters. The monoisotopic (exact) mass is 362 g/mol. The molecule has 0 saturated carbocycles. The van der Waals surface area contributed by atoms with Gasteiger partial charge in [0.05, 0.1) is 6.42 Å². The predicted molar refractivity (Wildman–Crippen MR) is 93.4 cm³/mol. The summed E-state index contributed by atoms with van der Waals surface area (Å²) in [6.07, 6.45) is 0.312. The van der Waals surface area contributed by atoms with Gasteiger partial charge in [0, 0.05) is 10.2 Å². The lowest BCUT2D eigenvalue weighted by atomic mass is 10.1. The van der Waals surface area contributed by atoms with Gasteiger partial charge in [0.1, 0.15) is 0 Å². The topological polar surface area (TPSA) is 41.1 Å². The average Bonchev–Trinajstić information content (AvgIpc) is 2.41. The molecule has 0 aliphatic heterocycles. The van der Waals surface area contributed by atoms with Crippen LogP contribution in [0.15, 0.2) is 53.0 Å². The molecule has 0 radical (unpaired) electrons. The summed E-state index contributed by atoms with van der Waals surface area (Å²) in [4.78, 5) is 12.0. The molecule has 0 fully saturated rings. The maximum absolute atomic E-state index is 12.0. The van der Waals surface area contributed by atoms with Crippen molar-refractivity contribution in [3.63, 3.8) is 0 Å². The molecule has 0 heterocycles. The number of nitrogens with one attached hydrogen (secondary N) is 2. The fraction of sp³-hybridized carbons (Fsp3) is 0.125. The van der Waals surface area contributed by atoms with E-state index in [4.69, 9.17) is 12.2 Å². The molecule has 0 bridgehead atoms. The van der Waals surface area contributed by atoms with Gasteiger partial charge in [-0.1, -0.05) is 46.3 Å². The molecular weight excluding hydrogens is 348 g/mol. The molecule has 0 aromatic heterocycles. The van der Waals surface area contributed by atoms with E-state index in [9.17, 15) is 4.79 Å². The first kappa shape index (κ1) is 15.7. The fourth-order valence-corrected chi connectivity index (χ4v) is 2.51. The Bertz CT molecular complexity index is 673. The van der Waals surface area contributed by atoms with Crippen LogP contribution >= 0.6 is 28.1 Å². The quantitative estimate of drug-likeness (QED) is 0.815. The number of hydrogen-bond acceptors (Lipinski definition) is 2. The van der Waals surface area contributed by atoms with Gasteiger partial charge in [0.25, 0.3) is 0 Å². The number of rotatable bonds is 3. The Morgan fingerprint density at radius 3 is 2.67 bits per heavy atom. The van der Waals surface area contributed by atoms with E-state index in [0.29, 0.717) is 11.5 Å². The van der Waals surface area contributed by atoms with Crippen molar-refractivity contribution in [3.8, 4) is 0 Å². The Kier molecular flexibility index (Phi) is 5.47. The van der Waals surface area contributed by atoms with Crippen molar-refractivity contribution in [3.05, 3.63) is 64.1 Å². The number of anilines is 1. The highest BCUT2D eigenvalue weighted by Crippen LogP contribution is 2.15. The minimum absolute atomic E-state index is 0.128. The van der Waals surface area contributed by atoms with Crippen molar-refractivity contribution in [1.29, 1.82) is 0 Å². The van der Waals surface area contributed by atoms with Gasteiger partial charge in [0.15, 0.2) is 5.11 Å². The first-order valence-corrected chi connectivity index (χ1v) is 7.65. The van der Waals surface area contributed by atoms with Crippen LogP contribution in [0.5, 0.6) is 0 Å². The van der Waals surface area contributed by atoms with Gasteiger partial charge in [0.2, 0.25) is 5.91 Å². The Labute approximate surface area is 137 Å². The summed E-state index contributed by atoms with van der Waals surface area (Å²) in [5.41, 5.74) is 2.92. The third-order valence-electron chi connectivity index (χ3n) is 2.95. The highest BCUT2D eigenvalue weighted by molar-refractivity contribution is 9.10. The molecule has 0 saturated heterocycles. The molecule has 0 unspecified atom stereocenters. The smallest absolute Gasteiger partial charge is 0.230 e. The zero-order valence-electron chi connectivity index (χ0n) is 11.5. The number of aryl methyl sites for hydroxylation is 1. The largest absolute Gasteiger partial charge is 0.332 e. The van der Waals surface area contributed by atoms with Crippen LogP contribution in [0.2, 0.25) is 0 Å². The second-order valence-corrected chi connectivity index (χ2v) is 5.94. The first-order chi connectivity index (χ1) is 10.0. The zero-order chi connectivity index (χ0) is 15.2. The lowest BCUT2D eigenvalue weighted by Gasteiger charge is -2.10. The van der Waals surface area contributed by atoms with Crippen molar-refractivity contribution < 1.29 is 4.79 Å². The normalized spacial score (nSPS) is 10.0. The number of carbonyl (C=O) groups is 1. The Hall–Kier alpha value is -1.72. The van der Waals surface area contributed by atoms with Crippen LogP contribution < -0.4 is 10.6 Å². The van der Waals surface area contributed by atoms with Crippen molar-refractivity contribution in [2.45, 2.75) is 13.3 Å². The molecule has 21 heavy (non-hydrogen) atoms. The predicted octanol–water partition coefficient (Wildman–Crippen LogP) is 3.81. The highest BCUT2D eigenvalue weighted by Gasteiger charge is 2.07. The van der Waals surface area contributed by atoms with E-state index >= 15 is 0 Å². The van der Waals surface area contributed by atoms with E-state index in [-0.39, 0.29) is 5.91 Å². The highest BCUT2D eigenvalue weighted by atomic mass is 79.9. The van der Waals surface area contributed by atoms with Crippen molar-refractivity contribution >= 4 is 44.9 Å². The number of benzene rings is 2. The summed E-state index contributed by atoms with van der Waals surface area (Å²) in [7, 11) is 0. The summed E-state index contributed by atoms with van der Waals surface area (Å²) in [5.74, 6) is -0.128. The third kappa shape index (κ3) is 4.95. The molecule has 2 rings (SSSR count). The van der Waals surface area contributed by atoms with Crippen LogP contribution in [0.4, 0.5) is 5.69 Å². The number of amides is 1. The van der Waals surface area contributed by atoms with E-state index in [2.05, 4.69) is 26.6 Å². The van der Waals surface area contributed by atoms with E-state index in [1.165, 1.54) is 0 Å². The molecule has 3 nitrogen and oxygen atoms in total. The molecule has 0 spiro atoms. The summed E-state index contributed by atoms with van der Waals surface area (Å²) < 4.78 is 0.946. The van der Waals surface area contributed by atoms with E-state index in [1.54, 1.807) is 0 Å². The molecule has 2 aromatic carbocycles. The molecule has 2 aromatic rings. The van der Waals surface area contributed by atoms with Gasteiger partial charge in [-0.15, -0.1) is 0 Å². The zero-order valence-corrected chi connectivity index (χ0v) is 13.9. The molecule has 2 N–H and O–H groups in total. The maximum Gasteiger partial charge on any atom is 0.230 e. The lowest BCUT2D eigenvalue weighted by Crippen LogP contribution is -2.35. The number of carbonyl (C=O) groups excluding carboxylic acids is 1. The van der Waals surface area contributed by atoms with Crippen LogP contribution in [0.3, 0.4) is 0 Å². The Morgan fingerprint density at radius 2 is 1.95 bits per heavy atom. The van der Waals surface area contributed by atoms with Gasteiger partial charge in [-0.25, -0.2) is 0 Å². The van der Waals surface area contributed by atoms with Crippen LogP contribution in [0.1, 0.15) is 11.1 Å². The second kappa shape index (κ2) is 7.33. The van der Waals surface area contributed by atoms with E-state index < -0.39 is 0 Å². The van der Waals surface area contributed by atoms with Gasteiger partial charge >= 0.3 is 0 Å². The number of hydrogen-bond donors (Lipinski definition) is 2. The summed E-state index contributed by atoms with van der Waals surface area (Å²) in [6.45, 7) is 1.99. The molecule has 0 aliphatic rings. The van der Waals surface area contributed by atoms with Crippen molar-refractivity contribution in [2.24, 2.45) is 0 Å². The second-order valence-electron chi connectivity index (χ2n) is 4.62. The Morgan fingerprint density at radius 1 is 1.19 bits per heavy atom. The lowest BCUT2D eigenvalue weighted by molar-refractivity contribution is -0.119. The van der Waals surface area contributed by atoms with E-state index in [0.717, 1.165) is 21.3 Å². The van der Waals surface area contributed by atoms with Gasteiger partial charge in [-0.05, 0) is 48.5 Å². The van der Waals surface area contributed by atoms with Crippen LogP contribution in [0, 0.1) is 6.92 Å². The summed E-state index contributed by atoms with van der Waals surface area (Å²) in [6, 6.07) is 15.4. The van der Waals surface area contributed by atoms with E-state index in [1.807, 2.05) is 55.5 Å².